The summed E-state index contributed by atoms with van der Waals surface area (Å²) >= 11 is 5.76. The fraction of sp³-hybridized carbons (Fsp3) is 0.462. The summed E-state index contributed by atoms with van der Waals surface area (Å²) in [7, 11) is 0. The minimum atomic E-state index is -0.845. The van der Waals surface area contributed by atoms with Crippen LogP contribution in [0.2, 0.25) is 5.02 Å². The lowest BCUT2D eigenvalue weighted by atomic mass is 9.74. The number of hydrogen-bond donors (Lipinski definition) is 2. The lowest BCUT2D eigenvalue weighted by Gasteiger charge is -2.36. The van der Waals surface area contributed by atoms with Crippen molar-refractivity contribution in [3.63, 3.8) is 0 Å². The summed E-state index contributed by atoms with van der Waals surface area (Å²) in [6.07, 6.45) is 0. The molecule has 0 heterocycles. The molecule has 18 heavy (non-hydrogen) atoms. The van der Waals surface area contributed by atoms with Crippen molar-refractivity contribution in [2.75, 3.05) is 5.32 Å². The fourth-order valence-corrected chi connectivity index (χ4v) is 1.34. The van der Waals surface area contributed by atoms with Gasteiger partial charge in [0, 0.05) is 10.6 Å². The second-order valence-corrected chi connectivity index (χ2v) is 5.86. The molecule has 0 aliphatic carbocycles. The van der Waals surface area contributed by atoms with Gasteiger partial charge in [-0.2, -0.15) is 0 Å². The topological polar surface area (TPSA) is 55.1 Å². The Hall–Kier alpha value is -1.13. The first-order valence-electron chi connectivity index (χ1n) is 5.61. The Morgan fingerprint density at radius 1 is 1.33 bits per heavy atom. The molecular weight excluding hydrogens is 255 g/mol. The third-order valence-corrected chi connectivity index (χ3v) is 3.59. The van der Waals surface area contributed by atoms with Crippen molar-refractivity contribution in [2.24, 2.45) is 11.1 Å². The van der Waals surface area contributed by atoms with Gasteiger partial charge in [0.05, 0.1) is 11.1 Å². The van der Waals surface area contributed by atoms with Crippen LogP contribution in [0.5, 0.6) is 0 Å². The Morgan fingerprint density at radius 3 is 2.39 bits per heavy atom. The quantitative estimate of drug-likeness (QED) is 0.888. The van der Waals surface area contributed by atoms with Crippen molar-refractivity contribution < 1.29 is 9.18 Å². The molecule has 0 unspecified atom stereocenters. The zero-order chi connectivity index (χ0) is 14.1. The van der Waals surface area contributed by atoms with E-state index in [1.807, 2.05) is 0 Å². The summed E-state index contributed by atoms with van der Waals surface area (Å²) in [5.74, 6) is -0.880. The van der Waals surface area contributed by atoms with E-state index in [1.165, 1.54) is 18.2 Å². The molecule has 0 aliphatic heterocycles. The summed E-state index contributed by atoms with van der Waals surface area (Å²) < 4.78 is 13.5. The van der Waals surface area contributed by atoms with Gasteiger partial charge in [-0.15, -0.1) is 0 Å². The predicted octanol–water partition coefficient (Wildman–Crippen LogP) is 3.18. The molecule has 0 bridgehead atoms. The van der Waals surface area contributed by atoms with E-state index >= 15 is 0 Å². The van der Waals surface area contributed by atoms with E-state index in [4.69, 9.17) is 17.3 Å². The Kier molecular flexibility index (Phi) is 4.03. The Morgan fingerprint density at radius 2 is 1.89 bits per heavy atom. The van der Waals surface area contributed by atoms with Gasteiger partial charge in [0.2, 0.25) is 5.91 Å². The normalized spacial score (nSPS) is 12.4. The highest BCUT2D eigenvalue weighted by atomic mass is 35.5. The lowest BCUT2D eigenvalue weighted by molar-refractivity contribution is -0.126. The van der Waals surface area contributed by atoms with Gasteiger partial charge in [0.15, 0.2) is 0 Å². The van der Waals surface area contributed by atoms with Gasteiger partial charge in [-0.25, -0.2) is 4.39 Å². The summed E-state index contributed by atoms with van der Waals surface area (Å²) in [5.41, 5.74) is 4.44. The van der Waals surface area contributed by atoms with Gasteiger partial charge < -0.3 is 11.1 Å². The Bertz CT molecular complexity index is 467. The van der Waals surface area contributed by atoms with Crippen molar-refractivity contribution in [3.05, 3.63) is 29.0 Å². The van der Waals surface area contributed by atoms with Crippen LogP contribution in [0.3, 0.4) is 0 Å². The fourth-order valence-electron chi connectivity index (χ4n) is 1.16. The van der Waals surface area contributed by atoms with Crippen molar-refractivity contribution in [1.82, 2.24) is 0 Å². The molecule has 0 aromatic heterocycles. The standard InChI is InChI=1S/C13H18ClFN2O/c1-12(2,13(3,4)16)11(18)17-10-7-8(14)5-6-9(10)15/h5-7H,16H2,1-4H3,(H,17,18). The molecule has 5 heteroatoms. The maximum atomic E-state index is 13.5. The molecule has 1 aromatic carbocycles. The summed E-state index contributed by atoms with van der Waals surface area (Å²) in [6.45, 7) is 6.93. The SMILES string of the molecule is CC(C)(N)C(C)(C)C(=O)Nc1cc(Cl)ccc1F. The monoisotopic (exact) mass is 272 g/mol. The summed E-state index contributed by atoms with van der Waals surface area (Å²) in [4.78, 5) is 12.1. The second-order valence-electron chi connectivity index (χ2n) is 5.42. The lowest BCUT2D eigenvalue weighted by Crippen LogP contribution is -2.53. The first-order chi connectivity index (χ1) is 8.05. The summed E-state index contributed by atoms with van der Waals surface area (Å²) in [6, 6.07) is 4.00. The van der Waals surface area contributed by atoms with Crippen molar-refractivity contribution >= 4 is 23.2 Å². The van der Waals surface area contributed by atoms with Crippen LogP contribution in [0.1, 0.15) is 27.7 Å². The molecule has 100 valence electrons. The zero-order valence-corrected chi connectivity index (χ0v) is 11.7. The molecule has 0 radical (unpaired) electrons. The number of nitrogens with one attached hydrogen (secondary N) is 1. The Balaban J connectivity index is 2.98. The smallest absolute Gasteiger partial charge is 0.231 e. The maximum absolute atomic E-state index is 13.5. The highest BCUT2D eigenvalue weighted by molar-refractivity contribution is 6.30. The first-order valence-corrected chi connectivity index (χ1v) is 5.99. The van der Waals surface area contributed by atoms with Gasteiger partial charge in [0.25, 0.3) is 0 Å². The number of anilines is 1. The van der Waals surface area contributed by atoms with Gasteiger partial charge in [-0.05, 0) is 45.9 Å². The van der Waals surface area contributed by atoms with Gasteiger partial charge in [-0.3, -0.25) is 4.79 Å². The molecule has 0 atom stereocenters. The van der Waals surface area contributed by atoms with E-state index in [9.17, 15) is 9.18 Å². The van der Waals surface area contributed by atoms with Crippen molar-refractivity contribution in [3.8, 4) is 0 Å². The van der Waals surface area contributed by atoms with Crippen molar-refractivity contribution in [2.45, 2.75) is 33.2 Å². The number of hydrogen-bond acceptors (Lipinski definition) is 2. The molecule has 0 saturated heterocycles. The first kappa shape index (κ1) is 14.9. The van der Waals surface area contributed by atoms with E-state index in [1.54, 1.807) is 27.7 Å². The molecule has 3 N–H and O–H groups in total. The number of rotatable bonds is 3. The van der Waals surface area contributed by atoms with Crippen LogP contribution < -0.4 is 11.1 Å². The largest absolute Gasteiger partial charge is 0.325 e. The van der Waals surface area contributed by atoms with Crippen LogP contribution in [0, 0.1) is 11.2 Å². The molecule has 1 aromatic rings. The molecule has 3 nitrogen and oxygen atoms in total. The minimum absolute atomic E-state index is 0.0600. The summed E-state index contributed by atoms with van der Waals surface area (Å²) in [5, 5.41) is 2.88. The number of halogens is 2. The molecule has 0 fully saturated rings. The molecule has 0 aliphatic rings. The molecular formula is C13H18ClFN2O. The number of nitrogens with two attached hydrogens (primary N) is 1. The van der Waals surface area contributed by atoms with Crippen LogP contribution in [-0.4, -0.2) is 11.4 Å². The maximum Gasteiger partial charge on any atom is 0.231 e. The van der Waals surface area contributed by atoms with Gasteiger partial charge >= 0.3 is 0 Å². The average molecular weight is 273 g/mol. The molecule has 1 amide bonds. The van der Waals surface area contributed by atoms with Crippen LogP contribution >= 0.6 is 11.6 Å². The minimum Gasteiger partial charge on any atom is -0.325 e. The van der Waals surface area contributed by atoms with Gasteiger partial charge in [-0.1, -0.05) is 11.6 Å². The highest BCUT2D eigenvalue weighted by Gasteiger charge is 2.40. The zero-order valence-electron chi connectivity index (χ0n) is 11.0. The third kappa shape index (κ3) is 3.00. The van der Waals surface area contributed by atoms with E-state index in [2.05, 4.69) is 5.32 Å². The molecule has 1 rings (SSSR count). The van der Waals surface area contributed by atoms with Crippen LogP contribution in [0.25, 0.3) is 0 Å². The predicted molar refractivity (Wildman–Crippen MR) is 72.1 cm³/mol. The third-order valence-electron chi connectivity index (χ3n) is 3.36. The highest BCUT2D eigenvalue weighted by Crippen LogP contribution is 2.30. The number of carbonyl (C=O) groups is 1. The van der Waals surface area contributed by atoms with E-state index < -0.39 is 16.8 Å². The molecule has 0 spiro atoms. The number of amides is 1. The van der Waals surface area contributed by atoms with E-state index in [-0.39, 0.29) is 11.6 Å². The van der Waals surface area contributed by atoms with Gasteiger partial charge in [0.1, 0.15) is 5.82 Å². The van der Waals surface area contributed by atoms with E-state index in [0.717, 1.165) is 0 Å². The number of benzene rings is 1. The van der Waals surface area contributed by atoms with Crippen LogP contribution in [0.4, 0.5) is 10.1 Å². The second kappa shape index (κ2) is 4.86. The molecule has 0 saturated carbocycles. The van der Waals surface area contributed by atoms with E-state index in [0.29, 0.717) is 5.02 Å². The average Bonchev–Trinajstić information content (AvgIpc) is 2.21. The van der Waals surface area contributed by atoms with Crippen LogP contribution in [0.15, 0.2) is 18.2 Å². The number of carbonyl (C=O) groups excluding carboxylic acids is 1. The Labute approximate surface area is 112 Å². The van der Waals surface area contributed by atoms with Crippen LogP contribution in [-0.2, 0) is 4.79 Å². The van der Waals surface area contributed by atoms with Crippen molar-refractivity contribution in [1.29, 1.82) is 0 Å².